The summed E-state index contributed by atoms with van der Waals surface area (Å²) in [5.41, 5.74) is 1.23. The number of allylic oxidation sites excluding steroid dienone is 1. The van der Waals surface area contributed by atoms with Crippen LogP contribution in [0.2, 0.25) is 0 Å². The first-order valence-corrected chi connectivity index (χ1v) is 9.14. The van der Waals surface area contributed by atoms with E-state index in [1.54, 1.807) is 7.11 Å². The predicted molar refractivity (Wildman–Crippen MR) is 103 cm³/mol. The molecule has 0 aromatic heterocycles. The van der Waals surface area contributed by atoms with Crippen molar-refractivity contribution >= 4 is 0 Å². The van der Waals surface area contributed by atoms with E-state index in [-0.39, 0.29) is 11.6 Å². The highest BCUT2D eigenvalue weighted by molar-refractivity contribution is 5.28. The topological polar surface area (TPSA) is 41.5 Å². The van der Waals surface area contributed by atoms with Crippen LogP contribution in [-0.2, 0) is 6.42 Å². The number of aliphatic hydroxyl groups excluding tert-OH is 1. The van der Waals surface area contributed by atoms with Crippen LogP contribution in [0, 0.1) is 0 Å². The lowest BCUT2D eigenvalue weighted by Crippen LogP contribution is -2.45. The first kappa shape index (κ1) is 20.7. The molecule has 1 unspecified atom stereocenters. The first-order chi connectivity index (χ1) is 11.5. The van der Waals surface area contributed by atoms with E-state index in [1.165, 1.54) is 24.8 Å². The second-order valence-corrected chi connectivity index (χ2v) is 7.22. The van der Waals surface area contributed by atoms with E-state index in [0.29, 0.717) is 6.54 Å². The molecule has 0 aliphatic heterocycles. The minimum Gasteiger partial charge on any atom is -0.497 e. The maximum atomic E-state index is 10.2. The number of hydrogen-bond donors (Lipinski definition) is 2. The molecule has 0 aliphatic rings. The van der Waals surface area contributed by atoms with E-state index in [4.69, 9.17) is 4.74 Å². The van der Waals surface area contributed by atoms with Gasteiger partial charge in [-0.25, -0.2) is 0 Å². The van der Waals surface area contributed by atoms with Crippen molar-refractivity contribution in [1.82, 2.24) is 5.32 Å². The summed E-state index contributed by atoms with van der Waals surface area (Å²) >= 11 is 0. The van der Waals surface area contributed by atoms with Gasteiger partial charge in [-0.3, -0.25) is 0 Å². The number of unbranched alkanes of at least 4 members (excludes halogenated alkanes) is 4. The van der Waals surface area contributed by atoms with E-state index < -0.39 is 0 Å². The molecule has 136 valence electrons. The Morgan fingerprint density at radius 1 is 1.17 bits per heavy atom. The molecular weight excluding hydrogens is 298 g/mol. The Labute approximate surface area is 148 Å². The van der Waals surface area contributed by atoms with Crippen LogP contribution in [0.5, 0.6) is 5.75 Å². The normalized spacial score (nSPS) is 12.8. The van der Waals surface area contributed by atoms with Gasteiger partial charge in [0.1, 0.15) is 5.75 Å². The molecule has 0 saturated carbocycles. The van der Waals surface area contributed by atoms with Gasteiger partial charge in [-0.1, -0.05) is 37.5 Å². The Hall–Kier alpha value is -1.32. The van der Waals surface area contributed by atoms with E-state index in [1.807, 2.05) is 18.2 Å². The van der Waals surface area contributed by atoms with Crippen molar-refractivity contribution in [2.75, 3.05) is 13.7 Å². The van der Waals surface area contributed by atoms with Crippen molar-refractivity contribution < 1.29 is 9.84 Å². The molecule has 0 fully saturated rings. The predicted octanol–water partition coefficient (Wildman–Crippen LogP) is 4.49. The summed E-state index contributed by atoms with van der Waals surface area (Å²) in [5, 5.41) is 13.7. The zero-order valence-corrected chi connectivity index (χ0v) is 15.7. The SMILES string of the molecule is C=CCCCCCCC(O)CNC(C)(C)Cc1ccc(OC)cc1. The summed E-state index contributed by atoms with van der Waals surface area (Å²) in [6.45, 7) is 8.75. The second kappa shape index (κ2) is 11.3. The molecule has 0 heterocycles. The van der Waals surface area contributed by atoms with Gasteiger partial charge in [0, 0.05) is 12.1 Å². The monoisotopic (exact) mass is 333 g/mol. The Kier molecular flexibility index (Phi) is 9.73. The number of methoxy groups -OCH3 is 1. The van der Waals surface area contributed by atoms with E-state index >= 15 is 0 Å². The lowest BCUT2D eigenvalue weighted by molar-refractivity contribution is 0.146. The summed E-state index contributed by atoms with van der Waals surface area (Å²) in [7, 11) is 1.68. The molecule has 3 heteroatoms. The molecule has 1 atom stereocenters. The minimum atomic E-state index is -0.264. The maximum absolute atomic E-state index is 10.2. The lowest BCUT2D eigenvalue weighted by Gasteiger charge is -2.28. The smallest absolute Gasteiger partial charge is 0.118 e. The quantitative estimate of drug-likeness (QED) is 0.413. The molecule has 24 heavy (non-hydrogen) atoms. The molecule has 0 amide bonds. The van der Waals surface area contributed by atoms with Crippen molar-refractivity contribution in [2.24, 2.45) is 0 Å². The molecule has 0 bridgehead atoms. The van der Waals surface area contributed by atoms with Crippen LogP contribution in [0.25, 0.3) is 0 Å². The molecule has 0 aliphatic carbocycles. The summed E-state index contributed by atoms with van der Waals surface area (Å²) < 4.78 is 5.19. The van der Waals surface area contributed by atoms with E-state index in [0.717, 1.165) is 31.4 Å². The summed E-state index contributed by atoms with van der Waals surface area (Å²) in [6.07, 6.45) is 9.35. The van der Waals surface area contributed by atoms with E-state index in [9.17, 15) is 5.11 Å². The highest BCUT2D eigenvalue weighted by atomic mass is 16.5. The van der Waals surface area contributed by atoms with Crippen LogP contribution in [0.1, 0.15) is 57.9 Å². The van der Waals surface area contributed by atoms with Gasteiger partial charge >= 0.3 is 0 Å². The maximum Gasteiger partial charge on any atom is 0.118 e. The summed E-state index contributed by atoms with van der Waals surface area (Å²) in [5.74, 6) is 0.882. The van der Waals surface area contributed by atoms with Crippen molar-refractivity contribution in [2.45, 2.75) is 70.4 Å². The van der Waals surface area contributed by atoms with Gasteiger partial charge in [0.25, 0.3) is 0 Å². The number of aliphatic hydroxyl groups is 1. The average molecular weight is 334 g/mol. The van der Waals surface area contributed by atoms with Gasteiger partial charge in [0.05, 0.1) is 13.2 Å². The second-order valence-electron chi connectivity index (χ2n) is 7.22. The number of hydrogen-bond acceptors (Lipinski definition) is 3. The van der Waals surface area contributed by atoms with Gasteiger partial charge in [-0.2, -0.15) is 0 Å². The molecule has 1 aromatic rings. The van der Waals surface area contributed by atoms with Gasteiger partial charge in [0.2, 0.25) is 0 Å². The van der Waals surface area contributed by atoms with Crippen molar-refractivity contribution in [3.63, 3.8) is 0 Å². The van der Waals surface area contributed by atoms with Crippen LogP contribution in [0.15, 0.2) is 36.9 Å². The largest absolute Gasteiger partial charge is 0.497 e. The Morgan fingerprint density at radius 3 is 2.46 bits per heavy atom. The standard InChI is InChI=1S/C21H35NO2/c1-5-6-7-8-9-10-11-19(23)17-22-21(2,3)16-18-12-14-20(24-4)15-13-18/h5,12-15,19,22-23H,1,6-11,16-17H2,2-4H3. The van der Waals surface area contributed by atoms with Gasteiger partial charge in [-0.15, -0.1) is 6.58 Å². The zero-order valence-electron chi connectivity index (χ0n) is 15.7. The number of β-amino-alcohol motifs (C(OH)–C–C–N with tert-alkyl or cyclic N) is 1. The third kappa shape index (κ3) is 9.09. The number of rotatable bonds is 13. The first-order valence-electron chi connectivity index (χ1n) is 9.14. The molecule has 2 N–H and O–H groups in total. The minimum absolute atomic E-state index is 0.0421. The van der Waals surface area contributed by atoms with Gasteiger partial charge < -0.3 is 15.2 Å². The summed E-state index contributed by atoms with van der Waals surface area (Å²) in [4.78, 5) is 0. The number of nitrogens with one attached hydrogen (secondary N) is 1. The molecule has 0 spiro atoms. The Morgan fingerprint density at radius 2 is 1.83 bits per heavy atom. The third-order valence-electron chi connectivity index (χ3n) is 4.32. The van der Waals surface area contributed by atoms with Crippen molar-refractivity contribution in [1.29, 1.82) is 0 Å². The molecule has 0 radical (unpaired) electrons. The third-order valence-corrected chi connectivity index (χ3v) is 4.32. The lowest BCUT2D eigenvalue weighted by atomic mass is 9.94. The van der Waals surface area contributed by atoms with Crippen LogP contribution >= 0.6 is 0 Å². The van der Waals surface area contributed by atoms with Crippen LogP contribution < -0.4 is 10.1 Å². The van der Waals surface area contributed by atoms with Gasteiger partial charge in [-0.05, 0) is 57.2 Å². The molecule has 3 nitrogen and oxygen atoms in total. The Bertz CT molecular complexity index is 453. The zero-order chi connectivity index (χ0) is 17.8. The van der Waals surface area contributed by atoms with E-state index in [2.05, 4.69) is 37.9 Å². The number of ether oxygens (including phenoxy) is 1. The van der Waals surface area contributed by atoms with Crippen molar-refractivity contribution in [3.05, 3.63) is 42.5 Å². The van der Waals surface area contributed by atoms with Crippen molar-refractivity contribution in [3.8, 4) is 5.75 Å². The molecule has 1 aromatic carbocycles. The fourth-order valence-corrected chi connectivity index (χ4v) is 2.83. The average Bonchev–Trinajstić information content (AvgIpc) is 2.56. The molecule has 0 saturated heterocycles. The highest BCUT2D eigenvalue weighted by Gasteiger charge is 2.19. The fourth-order valence-electron chi connectivity index (χ4n) is 2.83. The molecule has 1 rings (SSSR count). The van der Waals surface area contributed by atoms with Gasteiger partial charge in [0.15, 0.2) is 0 Å². The van der Waals surface area contributed by atoms with Crippen LogP contribution in [0.3, 0.4) is 0 Å². The van der Waals surface area contributed by atoms with Crippen LogP contribution in [-0.4, -0.2) is 30.4 Å². The fraction of sp³-hybridized carbons (Fsp3) is 0.619. The molecular formula is C21H35NO2. The summed E-state index contributed by atoms with van der Waals surface area (Å²) in [6, 6.07) is 8.18. The number of benzene rings is 1. The highest BCUT2D eigenvalue weighted by Crippen LogP contribution is 2.17. The Balaban J connectivity index is 2.24. The van der Waals surface area contributed by atoms with Crippen LogP contribution in [0.4, 0.5) is 0 Å².